The zero-order valence-corrected chi connectivity index (χ0v) is 11.6. The second-order valence-electron chi connectivity index (χ2n) is 5.97. The van der Waals surface area contributed by atoms with Crippen LogP contribution in [0.5, 0.6) is 0 Å². The fourth-order valence-corrected chi connectivity index (χ4v) is 3.28. The van der Waals surface area contributed by atoms with Gasteiger partial charge in [-0.15, -0.1) is 0 Å². The van der Waals surface area contributed by atoms with Crippen molar-refractivity contribution >= 4 is 11.1 Å². The van der Waals surface area contributed by atoms with Crippen LogP contribution in [0.3, 0.4) is 0 Å². The van der Waals surface area contributed by atoms with Gasteiger partial charge in [-0.2, -0.15) is 0 Å². The van der Waals surface area contributed by atoms with Crippen molar-refractivity contribution in [1.82, 2.24) is 4.98 Å². The summed E-state index contributed by atoms with van der Waals surface area (Å²) >= 11 is 0. The predicted molar refractivity (Wildman–Crippen MR) is 77.0 cm³/mol. The highest BCUT2D eigenvalue weighted by Crippen LogP contribution is 2.38. The van der Waals surface area contributed by atoms with Crippen molar-refractivity contribution in [2.45, 2.75) is 45.4 Å². The Morgan fingerprint density at radius 2 is 2.05 bits per heavy atom. The number of aromatic nitrogens is 1. The molecule has 2 N–H and O–H groups in total. The Hall–Kier alpha value is -1.35. The van der Waals surface area contributed by atoms with Crippen LogP contribution < -0.4 is 5.73 Å². The molecule has 0 bridgehead atoms. The highest BCUT2D eigenvalue weighted by Gasteiger charge is 2.32. The molecule has 2 aromatic rings. The van der Waals surface area contributed by atoms with E-state index in [-0.39, 0.29) is 5.41 Å². The summed E-state index contributed by atoms with van der Waals surface area (Å²) in [6, 6.07) is 6.12. The van der Waals surface area contributed by atoms with Crippen molar-refractivity contribution in [2.75, 3.05) is 6.54 Å². The quantitative estimate of drug-likeness (QED) is 0.915. The Labute approximate surface area is 114 Å². The van der Waals surface area contributed by atoms with E-state index in [0.29, 0.717) is 0 Å². The first-order valence-electron chi connectivity index (χ1n) is 7.28. The molecular formula is C16H22N2O. The summed E-state index contributed by atoms with van der Waals surface area (Å²) in [5.41, 5.74) is 9.31. The van der Waals surface area contributed by atoms with Gasteiger partial charge in [0.15, 0.2) is 11.5 Å². The number of oxazole rings is 1. The molecule has 1 heterocycles. The summed E-state index contributed by atoms with van der Waals surface area (Å²) in [6.45, 7) is 2.81. The van der Waals surface area contributed by atoms with Crippen LogP contribution in [-0.4, -0.2) is 11.5 Å². The maximum absolute atomic E-state index is 6.04. The summed E-state index contributed by atoms with van der Waals surface area (Å²) in [7, 11) is 0. The lowest BCUT2D eigenvalue weighted by atomic mass is 9.72. The van der Waals surface area contributed by atoms with E-state index in [4.69, 9.17) is 10.2 Å². The van der Waals surface area contributed by atoms with Gasteiger partial charge in [0, 0.05) is 6.42 Å². The maximum atomic E-state index is 6.04. The van der Waals surface area contributed by atoms with Crippen LogP contribution in [0.25, 0.3) is 11.1 Å². The van der Waals surface area contributed by atoms with E-state index < -0.39 is 0 Å². The topological polar surface area (TPSA) is 52.0 Å². The molecule has 0 aliphatic heterocycles. The molecule has 3 heteroatoms. The van der Waals surface area contributed by atoms with Crippen LogP contribution >= 0.6 is 0 Å². The van der Waals surface area contributed by atoms with E-state index in [1.165, 1.54) is 32.1 Å². The summed E-state index contributed by atoms with van der Waals surface area (Å²) in [5, 5.41) is 0. The van der Waals surface area contributed by atoms with E-state index in [9.17, 15) is 0 Å². The molecule has 1 aliphatic carbocycles. The van der Waals surface area contributed by atoms with Gasteiger partial charge in [-0.3, -0.25) is 0 Å². The molecule has 1 saturated carbocycles. The van der Waals surface area contributed by atoms with Gasteiger partial charge >= 0.3 is 0 Å². The molecule has 3 rings (SSSR count). The average molecular weight is 258 g/mol. The van der Waals surface area contributed by atoms with E-state index >= 15 is 0 Å². The van der Waals surface area contributed by atoms with Crippen molar-refractivity contribution in [2.24, 2.45) is 11.1 Å². The number of hydrogen-bond acceptors (Lipinski definition) is 3. The molecule has 0 atom stereocenters. The van der Waals surface area contributed by atoms with Gasteiger partial charge in [-0.05, 0) is 43.4 Å². The minimum Gasteiger partial charge on any atom is -0.440 e. The Morgan fingerprint density at radius 3 is 2.74 bits per heavy atom. The molecule has 1 aromatic heterocycles. The highest BCUT2D eigenvalue weighted by atomic mass is 16.3. The molecule has 102 valence electrons. The third-order valence-electron chi connectivity index (χ3n) is 4.53. The Kier molecular flexibility index (Phi) is 3.31. The highest BCUT2D eigenvalue weighted by molar-refractivity contribution is 5.75. The standard InChI is InChI=1S/C16H22N2O/c1-12-6-5-7-13-15(12)19-14(18-13)10-16(11-17)8-3-2-4-9-16/h5-7H,2-4,8-11,17H2,1H3. The molecule has 1 aliphatic rings. The summed E-state index contributed by atoms with van der Waals surface area (Å²) < 4.78 is 5.96. The van der Waals surface area contributed by atoms with Crippen molar-refractivity contribution in [3.63, 3.8) is 0 Å². The number of para-hydroxylation sites is 1. The van der Waals surface area contributed by atoms with Crippen LogP contribution in [0.4, 0.5) is 0 Å². The lowest BCUT2D eigenvalue weighted by molar-refractivity contribution is 0.184. The van der Waals surface area contributed by atoms with Gasteiger partial charge < -0.3 is 10.2 Å². The fourth-order valence-electron chi connectivity index (χ4n) is 3.28. The zero-order chi connectivity index (χ0) is 13.3. The zero-order valence-electron chi connectivity index (χ0n) is 11.6. The molecule has 0 spiro atoms. The fraction of sp³-hybridized carbons (Fsp3) is 0.562. The molecule has 1 fully saturated rings. The van der Waals surface area contributed by atoms with Gasteiger partial charge in [0.05, 0.1) is 0 Å². The van der Waals surface area contributed by atoms with Gasteiger partial charge in [0.25, 0.3) is 0 Å². The van der Waals surface area contributed by atoms with Crippen molar-refractivity contribution in [3.8, 4) is 0 Å². The molecule has 19 heavy (non-hydrogen) atoms. The largest absolute Gasteiger partial charge is 0.440 e. The molecular weight excluding hydrogens is 236 g/mol. The minimum atomic E-state index is 0.215. The van der Waals surface area contributed by atoms with Crippen molar-refractivity contribution in [3.05, 3.63) is 29.7 Å². The molecule has 0 unspecified atom stereocenters. The first-order chi connectivity index (χ1) is 9.22. The van der Waals surface area contributed by atoms with Gasteiger partial charge in [-0.1, -0.05) is 31.4 Å². The normalized spacial score (nSPS) is 18.8. The third-order valence-corrected chi connectivity index (χ3v) is 4.53. The van der Waals surface area contributed by atoms with Crippen LogP contribution in [0.1, 0.15) is 43.6 Å². The average Bonchev–Trinajstić information content (AvgIpc) is 2.83. The van der Waals surface area contributed by atoms with Crippen LogP contribution in [0.15, 0.2) is 22.6 Å². The lowest BCUT2D eigenvalue weighted by Crippen LogP contribution is -2.35. The van der Waals surface area contributed by atoms with E-state index in [0.717, 1.165) is 35.5 Å². The molecule has 3 nitrogen and oxygen atoms in total. The van der Waals surface area contributed by atoms with Gasteiger partial charge in [-0.25, -0.2) is 4.98 Å². The Morgan fingerprint density at radius 1 is 1.26 bits per heavy atom. The summed E-state index contributed by atoms with van der Waals surface area (Å²) in [4.78, 5) is 4.64. The smallest absolute Gasteiger partial charge is 0.196 e. The number of nitrogens with zero attached hydrogens (tertiary/aromatic N) is 1. The van der Waals surface area contributed by atoms with E-state index in [1.807, 2.05) is 12.1 Å². The van der Waals surface area contributed by atoms with Gasteiger partial charge in [0.2, 0.25) is 0 Å². The Bertz CT molecular complexity index is 567. The number of fused-ring (bicyclic) bond motifs is 1. The van der Waals surface area contributed by atoms with Crippen molar-refractivity contribution in [1.29, 1.82) is 0 Å². The number of nitrogens with two attached hydrogens (primary N) is 1. The van der Waals surface area contributed by atoms with E-state index in [1.54, 1.807) is 0 Å². The van der Waals surface area contributed by atoms with Crippen LogP contribution in [-0.2, 0) is 6.42 Å². The monoisotopic (exact) mass is 258 g/mol. The molecule has 0 saturated heterocycles. The minimum absolute atomic E-state index is 0.215. The molecule has 1 aromatic carbocycles. The summed E-state index contributed by atoms with van der Waals surface area (Å²) in [6.07, 6.45) is 7.22. The maximum Gasteiger partial charge on any atom is 0.196 e. The third kappa shape index (κ3) is 2.39. The lowest BCUT2D eigenvalue weighted by Gasteiger charge is -2.35. The number of benzene rings is 1. The number of rotatable bonds is 3. The van der Waals surface area contributed by atoms with Crippen molar-refractivity contribution < 1.29 is 4.42 Å². The van der Waals surface area contributed by atoms with E-state index in [2.05, 4.69) is 18.0 Å². The summed E-state index contributed by atoms with van der Waals surface area (Å²) in [5.74, 6) is 0.858. The molecule has 0 radical (unpaired) electrons. The number of hydrogen-bond donors (Lipinski definition) is 1. The first-order valence-corrected chi connectivity index (χ1v) is 7.28. The second-order valence-corrected chi connectivity index (χ2v) is 5.97. The SMILES string of the molecule is Cc1cccc2nc(CC3(CN)CCCCC3)oc12. The second kappa shape index (κ2) is 4.97. The first kappa shape index (κ1) is 12.7. The predicted octanol–water partition coefficient (Wildman–Crippen LogP) is 3.59. The van der Waals surface area contributed by atoms with Gasteiger partial charge in [0.1, 0.15) is 5.52 Å². The molecule has 0 amide bonds. The van der Waals surface area contributed by atoms with Crippen LogP contribution in [0.2, 0.25) is 0 Å². The number of aryl methyl sites for hydroxylation is 1. The van der Waals surface area contributed by atoms with Crippen LogP contribution in [0, 0.1) is 12.3 Å². The Balaban J connectivity index is 1.89.